The second kappa shape index (κ2) is 8.96. The third-order valence-corrected chi connectivity index (χ3v) is 8.29. The van der Waals surface area contributed by atoms with Gasteiger partial charge in [-0.05, 0) is 46.5 Å². The zero-order valence-corrected chi connectivity index (χ0v) is 20.9. The summed E-state index contributed by atoms with van der Waals surface area (Å²) in [4.78, 5) is 35.7. The second-order valence-electron chi connectivity index (χ2n) is 10.2. The van der Waals surface area contributed by atoms with Crippen LogP contribution in [0.5, 0.6) is 0 Å². The van der Waals surface area contributed by atoms with Crippen LogP contribution in [0, 0.1) is 23.7 Å². The van der Waals surface area contributed by atoms with Crippen molar-refractivity contribution in [1.29, 1.82) is 0 Å². The Morgan fingerprint density at radius 1 is 0.744 bits per heavy atom. The van der Waals surface area contributed by atoms with E-state index < -0.39 is 23.4 Å². The van der Waals surface area contributed by atoms with Crippen molar-refractivity contribution in [3.63, 3.8) is 0 Å². The van der Waals surface area contributed by atoms with Gasteiger partial charge in [0.05, 0.1) is 23.2 Å². The van der Waals surface area contributed by atoms with E-state index in [0.717, 1.165) is 22.4 Å². The molecule has 1 saturated heterocycles. The monoisotopic (exact) mass is 511 g/mol. The maximum atomic E-state index is 13.3. The van der Waals surface area contributed by atoms with Crippen molar-refractivity contribution < 1.29 is 14.7 Å². The normalized spacial score (nSPS) is 26.0. The van der Waals surface area contributed by atoms with Crippen molar-refractivity contribution in [2.75, 3.05) is 0 Å². The molecule has 2 aromatic heterocycles. The van der Waals surface area contributed by atoms with E-state index >= 15 is 0 Å². The minimum Gasteiger partial charge on any atom is -0.375 e. The number of imide groups is 1. The summed E-state index contributed by atoms with van der Waals surface area (Å²) in [7, 11) is 0. The Morgan fingerprint density at radius 3 is 2.05 bits per heavy atom. The molecule has 2 N–H and O–H groups in total. The van der Waals surface area contributed by atoms with E-state index in [1.165, 1.54) is 0 Å². The van der Waals surface area contributed by atoms with E-state index in [1.54, 1.807) is 18.5 Å². The summed E-state index contributed by atoms with van der Waals surface area (Å²) in [6.07, 6.45) is 5.41. The van der Waals surface area contributed by atoms with Crippen molar-refractivity contribution in [2.24, 2.45) is 23.7 Å². The predicted octanol–water partition coefficient (Wildman–Crippen LogP) is 4.29. The molecular weight excluding hydrogens is 486 g/mol. The summed E-state index contributed by atoms with van der Waals surface area (Å²) in [6, 6.07) is 30.6. The van der Waals surface area contributed by atoms with E-state index in [9.17, 15) is 14.7 Å². The molecule has 3 unspecified atom stereocenters. The van der Waals surface area contributed by atoms with Crippen LogP contribution in [-0.4, -0.2) is 26.9 Å². The van der Waals surface area contributed by atoms with E-state index in [0.29, 0.717) is 16.8 Å². The first-order valence-electron chi connectivity index (χ1n) is 13.1. The number of allylic oxidation sites excluding steroid dienone is 2. The fraction of sp³-hybridized carbons (Fsp3) is 0.152. The number of benzene rings is 2. The lowest BCUT2D eigenvalue weighted by atomic mass is 9.71. The van der Waals surface area contributed by atoms with Gasteiger partial charge >= 0.3 is 0 Å². The number of aromatic nitrogens is 2. The molecule has 4 aromatic rings. The van der Waals surface area contributed by atoms with E-state index in [2.05, 4.69) is 10.3 Å². The summed E-state index contributed by atoms with van der Waals surface area (Å²) in [5.74, 6) is -2.62. The molecule has 2 aliphatic carbocycles. The summed E-state index contributed by atoms with van der Waals surface area (Å²) in [6.45, 7) is 0. The highest BCUT2D eigenvalue weighted by Crippen LogP contribution is 2.63. The van der Waals surface area contributed by atoms with Gasteiger partial charge in [0.15, 0.2) is 5.60 Å². The topological polar surface area (TPSA) is 92.2 Å². The van der Waals surface area contributed by atoms with Crippen molar-refractivity contribution >= 4 is 17.4 Å². The van der Waals surface area contributed by atoms with Crippen molar-refractivity contribution in [2.45, 2.75) is 5.60 Å². The highest BCUT2D eigenvalue weighted by molar-refractivity contribution is 6.08. The van der Waals surface area contributed by atoms with Crippen molar-refractivity contribution in [3.05, 3.63) is 149 Å². The van der Waals surface area contributed by atoms with Crippen LogP contribution in [0.15, 0.2) is 127 Å². The molecule has 6 heteroatoms. The molecule has 6 nitrogen and oxygen atoms in total. The molecule has 0 radical (unpaired) electrons. The van der Waals surface area contributed by atoms with Crippen molar-refractivity contribution in [1.82, 2.24) is 15.3 Å². The average Bonchev–Trinajstić information content (AvgIpc) is 3.63. The Kier molecular flexibility index (Phi) is 5.39. The van der Waals surface area contributed by atoms with Crippen LogP contribution in [0.4, 0.5) is 0 Å². The van der Waals surface area contributed by atoms with Gasteiger partial charge in [-0.25, -0.2) is 0 Å². The molecule has 3 aliphatic rings. The number of carbonyl (C=O) groups excluding carboxylic acids is 2. The Bertz CT molecular complexity index is 1550. The molecule has 7 rings (SSSR count). The van der Waals surface area contributed by atoms with Gasteiger partial charge in [-0.3, -0.25) is 24.9 Å². The zero-order chi connectivity index (χ0) is 26.6. The second-order valence-corrected chi connectivity index (χ2v) is 10.2. The van der Waals surface area contributed by atoms with Gasteiger partial charge in [-0.15, -0.1) is 0 Å². The van der Waals surface area contributed by atoms with Gasteiger partial charge in [0.2, 0.25) is 11.8 Å². The maximum Gasteiger partial charge on any atom is 0.231 e. The smallest absolute Gasteiger partial charge is 0.231 e. The first-order chi connectivity index (χ1) is 19.1. The lowest BCUT2D eigenvalue weighted by molar-refractivity contribution is -0.126. The van der Waals surface area contributed by atoms with E-state index in [-0.39, 0.29) is 17.7 Å². The fourth-order valence-corrected chi connectivity index (χ4v) is 6.77. The summed E-state index contributed by atoms with van der Waals surface area (Å²) < 4.78 is 0. The number of hydrogen-bond donors (Lipinski definition) is 2. The van der Waals surface area contributed by atoms with Crippen LogP contribution in [-0.2, 0) is 15.2 Å². The highest BCUT2D eigenvalue weighted by Gasteiger charge is 2.64. The molecule has 5 atom stereocenters. The molecule has 39 heavy (non-hydrogen) atoms. The summed E-state index contributed by atoms with van der Waals surface area (Å²) in [5, 5.41) is 15.3. The van der Waals surface area contributed by atoms with Gasteiger partial charge in [-0.1, -0.05) is 78.9 Å². The molecule has 2 fully saturated rings. The van der Waals surface area contributed by atoms with Crippen LogP contribution < -0.4 is 5.32 Å². The van der Waals surface area contributed by atoms with Gasteiger partial charge in [0.1, 0.15) is 0 Å². The lowest BCUT2D eigenvalue weighted by Gasteiger charge is -2.36. The number of amides is 2. The number of aliphatic hydroxyl groups is 1. The van der Waals surface area contributed by atoms with E-state index in [4.69, 9.17) is 4.98 Å². The van der Waals surface area contributed by atoms with Gasteiger partial charge in [-0.2, -0.15) is 0 Å². The predicted molar refractivity (Wildman–Crippen MR) is 146 cm³/mol. The van der Waals surface area contributed by atoms with Crippen LogP contribution in [0.1, 0.15) is 22.5 Å². The summed E-state index contributed by atoms with van der Waals surface area (Å²) >= 11 is 0. The molecule has 190 valence electrons. The standard InChI is InChI=1S/C33H25N3O3/c37-31-28-22-19-23(33(39,21-13-5-2-6-14-21)25-16-8-10-18-35-25)29(30(28)32(38)36-31)27(22)26(20-11-3-1-4-12-20)24-15-7-9-17-34-24/h1-19,22,28-30,39H,(H,36,37,38)/t22-,28?,29-,30?,33?/m1/s1. The van der Waals surface area contributed by atoms with Crippen LogP contribution in [0.2, 0.25) is 0 Å². The third kappa shape index (κ3) is 3.45. The Morgan fingerprint density at radius 2 is 1.38 bits per heavy atom. The molecule has 1 saturated carbocycles. The fourth-order valence-electron chi connectivity index (χ4n) is 6.77. The van der Waals surface area contributed by atoms with Gasteiger partial charge in [0, 0.05) is 29.8 Å². The Balaban J connectivity index is 1.53. The number of hydrogen-bond acceptors (Lipinski definition) is 5. The molecule has 2 amide bonds. The van der Waals surface area contributed by atoms with Gasteiger partial charge in [0.25, 0.3) is 0 Å². The van der Waals surface area contributed by atoms with Crippen LogP contribution in [0.25, 0.3) is 5.57 Å². The molecule has 2 aromatic carbocycles. The van der Waals surface area contributed by atoms with Crippen LogP contribution >= 0.6 is 0 Å². The number of carbonyl (C=O) groups is 2. The van der Waals surface area contributed by atoms with Gasteiger partial charge < -0.3 is 5.11 Å². The lowest BCUT2D eigenvalue weighted by Crippen LogP contribution is -2.38. The molecule has 1 aliphatic heterocycles. The zero-order valence-electron chi connectivity index (χ0n) is 20.9. The number of nitrogens with zero attached hydrogens (tertiary/aromatic N) is 2. The number of fused-ring (bicyclic) bond motifs is 5. The SMILES string of the molecule is O=C1NC(=O)C2C1[C@@H]1C(C(O)(c3ccccc3)c3ccccn3)=C[C@@H]2C1=C(c1ccccc1)c1ccccn1. The molecule has 3 heterocycles. The maximum absolute atomic E-state index is 13.3. The first-order valence-corrected chi connectivity index (χ1v) is 13.1. The quantitative estimate of drug-likeness (QED) is 0.308. The van der Waals surface area contributed by atoms with Crippen LogP contribution in [0.3, 0.4) is 0 Å². The number of pyridine rings is 2. The summed E-state index contributed by atoms with van der Waals surface area (Å²) in [5.41, 5.74) is 3.74. The Labute approximate surface area is 225 Å². The van der Waals surface area contributed by atoms with Crippen molar-refractivity contribution in [3.8, 4) is 0 Å². The molecule has 0 spiro atoms. The molecular formula is C33H25N3O3. The average molecular weight is 512 g/mol. The highest BCUT2D eigenvalue weighted by atomic mass is 16.3. The minimum atomic E-state index is -1.60. The largest absolute Gasteiger partial charge is 0.375 e. The Hall–Kier alpha value is -4.68. The minimum absolute atomic E-state index is 0.264. The van der Waals surface area contributed by atoms with E-state index in [1.807, 2.05) is 97.1 Å². The first kappa shape index (κ1) is 23.4. The third-order valence-electron chi connectivity index (χ3n) is 8.29. The molecule has 2 bridgehead atoms. The number of nitrogens with one attached hydrogen (secondary N) is 1. The number of rotatable bonds is 5.